The lowest BCUT2D eigenvalue weighted by Gasteiger charge is -2.35. The molecular weight excluding hydrogens is 116 g/mol. The number of rotatable bonds is 0. The van der Waals surface area contributed by atoms with Crippen molar-refractivity contribution in [2.24, 2.45) is 5.92 Å². The lowest BCUT2D eigenvalue weighted by molar-refractivity contribution is 0.223. The Morgan fingerprint density at radius 1 is 1.56 bits per heavy atom. The van der Waals surface area contributed by atoms with Crippen LogP contribution < -0.4 is 10.6 Å². The fourth-order valence-corrected chi connectivity index (χ4v) is 1.65. The molecule has 0 unspecified atom stereocenters. The number of fused-ring (bicyclic) bond motifs is 1. The van der Waals surface area contributed by atoms with Crippen LogP contribution in [0.4, 0.5) is 4.79 Å². The highest BCUT2D eigenvalue weighted by Gasteiger charge is 2.44. The van der Waals surface area contributed by atoms with Gasteiger partial charge in [0.05, 0.1) is 12.1 Å². The fourth-order valence-electron chi connectivity index (χ4n) is 1.65. The molecule has 2 N–H and O–H groups in total. The largest absolute Gasteiger partial charge is 0.333 e. The second-order valence-electron chi connectivity index (χ2n) is 2.96. The molecule has 9 heavy (non-hydrogen) atoms. The van der Waals surface area contributed by atoms with Gasteiger partial charge in [-0.3, -0.25) is 0 Å². The van der Waals surface area contributed by atoms with Crippen LogP contribution in [0.1, 0.15) is 13.3 Å². The van der Waals surface area contributed by atoms with Gasteiger partial charge >= 0.3 is 6.03 Å². The summed E-state index contributed by atoms with van der Waals surface area (Å²) in [4.78, 5) is 10.6. The topological polar surface area (TPSA) is 41.1 Å². The van der Waals surface area contributed by atoms with E-state index in [-0.39, 0.29) is 6.03 Å². The molecule has 2 amide bonds. The normalized spacial score (nSPS) is 46.8. The van der Waals surface area contributed by atoms with E-state index in [2.05, 4.69) is 17.6 Å². The van der Waals surface area contributed by atoms with Crippen molar-refractivity contribution in [2.45, 2.75) is 25.4 Å². The predicted molar refractivity (Wildman–Crippen MR) is 33.0 cm³/mol. The van der Waals surface area contributed by atoms with Gasteiger partial charge in [0.1, 0.15) is 0 Å². The summed E-state index contributed by atoms with van der Waals surface area (Å²) in [5.74, 6) is 0.675. The summed E-state index contributed by atoms with van der Waals surface area (Å²) in [6.45, 7) is 2.16. The first-order chi connectivity index (χ1) is 4.27. The van der Waals surface area contributed by atoms with Crippen LogP contribution >= 0.6 is 0 Å². The fraction of sp³-hybridized carbons (Fsp3) is 0.833. The Balaban J connectivity index is 2.08. The van der Waals surface area contributed by atoms with E-state index in [1.807, 2.05) is 0 Å². The molecule has 2 aliphatic rings. The molecule has 1 saturated carbocycles. The molecule has 0 aromatic carbocycles. The second-order valence-corrected chi connectivity index (χ2v) is 2.96. The van der Waals surface area contributed by atoms with Crippen molar-refractivity contribution in [3.63, 3.8) is 0 Å². The van der Waals surface area contributed by atoms with Gasteiger partial charge in [-0.2, -0.15) is 0 Å². The number of hydrogen-bond donors (Lipinski definition) is 2. The van der Waals surface area contributed by atoms with Crippen LogP contribution in [-0.2, 0) is 0 Å². The van der Waals surface area contributed by atoms with Gasteiger partial charge in [0, 0.05) is 0 Å². The third kappa shape index (κ3) is 0.544. The van der Waals surface area contributed by atoms with Crippen LogP contribution in [0.25, 0.3) is 0 Å². The molecule has 0 aromatic rings. The van der Waals surface area contributed by atoms with Gasteiger partial charge in [0.15, 0.2) is 0 Å². The van der Waals surface area contributed by atoms with E-state index in [1.165, 1.54) is 0 Å². The van der Waals surface area contributed by atoms with E-state index in [0.717, 1.165) is 6.42 Å². The van der Waals surface area contributed by atoms with Gasteiger partial charge in [-0.25, -0.2) is 4.79 Å². The molecule has 3 heteroatoms. The summed E-state index contributed by atoms with van der Waals surface area (Å²) in [7, 11) is 0. The standard InChI is InChI=1S/C6H10N2O/c1-3-2-4-5(3)8-6(9)7-4/h3-5H,2H2,1H3,(H2,7,8,9)/t3-,4+,5-/m1/s1. The molecule has 0 bridgehead atoms. The third-order valence-corrected chi connectivity index (χ3v) is 2.29. The Bertz CT molecular complexity index is 157. The number of carbonyl (C=O) groups is 1. The Kier molecular flexibility index (Phi) is 0.793. The minimum absolute atomic E-state index is 0.00866. The third-order valence-electron chi connectivity index (χ3n) is 2.29. The first-order valence-corrected chi connectivity index (χ1v) is 3.34. The maximum absolute atomic E-state index is 10.6. The Morgan fingerprint density at radius 3 is 2.78 bits per heavy atom. The summed E-state index contributed by atoms with van der Waals surface area (Å²) in [6.07, 6.45) is 1.14. The summed E-state index contributed by atoms with van der Waals surface area (Å²) >= 11 is 0. The minimum atomic E-state index is 0.00866. The molecule has 50 valence electrons. The van der Waals surface area contributed by atoms with Gasteiger partial charge in [-0.05, 0) is 12.3 Å². The minimum Gasteiger partial charge on any atom is -0.333 e. The smallest absolute Gasteiger partial charge is 0.315 e. The van der Waals surface area contributed by atoms with Gasteiger partial charge < -0.3 is 10.6 Å². The lowest BCUT2D eigenvalue weighted by Crippen LogP contribution is -2.50. The monoisotopic (exact) mass is 126 g/mol. The predicted octanol–water partition coefficient (Wildman–Crippen LogP) is 0.0762. The Labute approximate surface area is 53.8 Å². The zero-order valence-corrected chi connectivity index (χ0v) is 5.35. The molecule has 1 aliphatic heterocycles. The van der Waals surface area contributed by atoms with Crippen LogP contribution in [0.5, 0.6) is 0 Å². The quantitative estimate of drug-likeness (QED) is 0.474. The summed E-state index contributed by atoms with van der Waals surface area (Å²) in [6, 6.07) is 0.874. The van der Waals surface area contributed by atoms with Crippen molar-refractivity contribution in [2.75, 3.05) is 0 Å². The molecule has 0 spiro atoms. The van der Waals surface area contributed by atoms with E-state index in [4.69, 9.17) is 0 Å². The van der Waals surface area contributed by atoms with E-state index in [9.17, 15) is 4.79 Å². The van der Waals surface area contributed by atoms with E-state index in [0.29, 0.717) is 18.0 Å². The van der Waals surface area contributed by atoms with Crippen molar-refractivity contribution >= 4 is 6.03 Å². The highest BCUT2D eigenvalue weighted by molar-refractivity contribution is 5.78. The summed E-state index contributed by atoms with van der Waals surface area (Å²) < 4.78 is 0. The van der Waals surface area contributed by atoms with Crippen LogP contribution in [0.2, 0.25) is 0 Å². The van der Waals surface area contributed by atoms with Crippen molar-refractivity contribution < 1.29 is 4.79 Å². The van der Waals surface area contributed by atoms with Crippen LogP contribution in [0.3, 0.4) is 0 Å². The maximum atomic E-state index is 10.6. The molecule has 2 rings (SSSR count). The van der Waals surface area contributed by atoms with Gasteiger partial charge in [0.2, 0.25) is 0 Å². The van der Waals surface area contributed by atoms with Crippen LogP contribution in [0, 0.1) is 5.92 Å². The average Bonchev–Trinajstić information content (AvgIpc) is 2.08. The summed E-state index contributed by atoms with van der Waals surface area (Å²) in [5.41, 5.74) is 0. The maximum Gasteiger partial charge on any atom is 0.315 e. The van der Waals surface area contributed by atoms with Gasteiger partial charge in [0.25, 0.3) is 0 Å². The van der Waals surface area contributed by atoms with Crippen molar-refractivity contribution in [1.29, 1.82) is 0 Å². The van der Waals surface area contributed by atoms with Gasteiger partial charge in [-0.1, -0.05) is 6.92 Å². The first-order valence-electron chi connectivity index (χ1n) is 3.34. The molecule has 3 nitrogen and oxygen atoms in total. The molecule has 1 aliphatic carbocycles. The first kappa shape index (κ1) is 5.09. The zero-order valence-electron chi connectivity index (χ0n) is 5.35. The highest BCUT2D eigenvalue weighted by atomic mass is 16.2. The number of amides is 2. The summed E-state index contributed by atoms with van der Waals surface area (Å²) in [5, 5.41) is 5.69. The molecule has 1 heterocycles. The molecular formula is C6H10N2O. The molecule has 2 fully saturated rings. The SMILES string of the molecule is C[C@@H]1C[C@@H]2NC(=O)N[C@H]12. The number of hydrogen-bond acceptors (Lipinski definition) is 1. The molecule has 0 aromatic heterocycles. The van der Waals surface area contributed by atoms with E-state index < -0.39 is 0 Å². The Hall–Kier alpha value is -0.730. The molecule has 3 atom stereocenters. The zero-order chi connectivity index (χ0) is 6.43. The number of urea groups is 1. The van der Waals surface area contributed by atoms with Crippen molar-refractivity contribution in [3.8, 4) is 0 Å². The van der Waals surface area contributed by atoms with E-state index >= 15 is 0 Å². The molecule has 0 radical (unpaired) electrons. The van der Waals surface area contributed by atoms with Crippen LogP contribution in [0.15, 0.2) is 0 Å². The van der Waals surface area contributed by atoms with Crippen LogP contribution in [-0.4, -0.2) is 18.1 Å². The molecule has 1 saturated heterocycles. The highest BCUT2D eigenvalue weighted by Crippen LogP contribution is 2.29. The second kappa shape index (κ2) is 1.40. The number of carbonyl (C=O) groups excluding carboxylic acids is 1. The van der Waals surface area contributed by atoms with Gasteiger partial charge in [-0.15, -0.1) is 0 Å². The van der Waals surface area contributed by atoms with E-state index in [1.54, 1.807) is 0 Å². The van der Waals surface area contributed by atoms with Crippen molar-refractivity contribution in [3.05, 3.63) is 0 Å². The Morgan fingerprint density at radius 2 is 2.33 bits per heavy atom. The van der Waals surface area contributed by atoms with Crippen molar-refractivity contribution in [1.82, 2.24) is 10.6 Å². The average molecular weight is 126 g/mol. The number of nitrogens with one attached hydrogen (secondary N) is 2. The lowest BCUT2D eigenvalue weighted by atomic mass is 9.77.